The molecule has 33 heavy (non-hydrogen) atoms. The van der Waals surface area contributed by atoms with Gasteiger partial charge in [-0.05, 0) is 36.5 Å². The summed E-state index contributed by atoms with van der Waals surface area (Å²) in [6.45, 7) is 11.5. The van der Waals surface area contributed by atoms with Gasteiger partial charge in [-0.2, -0.15) is 0 Å². The minimum Gasteiger partial charge on any atom is -0.333 e. The first kappa shape index (κ1) is 24.7. The van der Waals surface area contributed by atoms with Crippen LogP contribution in [0, 0.1) is 5.41 Å². The quantitative estimate of drug-likeness (QED) is 0.380. The second kappa shape index (κ2) is 10.8. The summed E-state index contributed by atoms with van der Waals surface area (Å²) in [4.78, 5) is 33.8. The summed E-state index contributed by atoms with van der Waals surface area (Å²) in [6.07, 6.45) is 3.55. The number of rotatable bonds is 9. The molecule has 0 N–H and O–H groups in total. The summed E-state index contributed by atoms with van der Waals surface area (Å²) < 4.78 is 1.75. The van der Waals surface area contributed by atoms with Crippen molar-refractivity contribution in [2.75, 3.05) is 6.54 Å². The number of hydrogen-bond donors (Lipinski definition) is 0. The van der Waals surface area contributed by atoms with Gasteiger partial charge in [0, 0.05) is 13.0 Å². The van der Waals surface area contributed by atoms with Crippen LogP contribution in [0.5, 0.6) is 0 Å². The lowest BCUT2D eigenvalue weighted by Gasteiger charge is -2.33. The molecule has 1 unspecified atom stereocenters. The van der Waals surface area contributed by atoms with E-state index in [0.717, 1.165) is 24.8 Å². The molecule has 3 rings (SSSR count). The third-order valence-electron chi connectivity index (χ3n) is 5.92. The molecule has 0 aliphatic rings. The van der Waals surface area contributed by atoms with Crippen molar-refractivity contribution in [2.24, 2.45) is 5.41 Å². The number of aromatic nitrogens is 2. The Kier molecular flexibility index (Phi) is 8.06. The third kappa shape index (κ3) is 6.31. The molecule has 1 atom stereocenters. The van der Waals surface area contributed by atoms with Gasteiger partial charge in [-0.1, -0.05) is 83.0 Å². The summed E-state index contributed by atoms with van der Waals surface area (Å²) in [7, 11) is 0. The van der Waals surface area contributed by atoms with Gasteiger partial charge in [0.05, 0.1) is 23.5 Å². The lowest BCUT2D eigenvalue weighted by atomic mass is 9.91. The first-order valence-corrected chi connectivity index (χ1v) is 12.0. The fourth-order valence-electron chi connectivity index (χ4n) is 4.18. The highest BCUT2D eigenvalue weighted by molar-refractivity contribution is 5.78. The number of fused-ring (bicyclic) bond motifs is 1. The van der Waals surface area contributed by atoms with Gasteiger partial charge in [-0.15, -0.1) is 0 Å². The van der Waals surface area contributed by atoms with Crippen molar-refractivity contribution in [3.05, 3.63) is 76.3 Å². The van der Waals surface area contributed by atoms with Crippen LogP contribution in [-0.4, -0.2) is 26.9 Å². The summed E-state index contributed by atoms with van der Waals surface area (Å²) >= 11 is 0. The maximum absolute atomic E-state index is 13.6. The normalized spacial score (nSPS) is 12.6. The van der Waals surface area contributed by atoms with Crippen molar-refractivity contribution in [1.82, 2.24) is 14.5 Å². The van der Waals surface area contributed by atoms with Crippen LogP contribution in [0.4, 0.5) is 0 Å². The van der Waals surface area contributed by atoms with Gasteiger partial charge >= 0.3 is 0 Å². The topological polar surface area (TPSA) is 55.2 Å². The predicted octanol–water partition coefficient (Wildman–Crippen LogP) is 5.96. The smallest absolute Gasteiger partial charge is 0.261 e. The van der Waals surface area contributed by atoms with Crippen LogP contribution in [0.15, 0.2) is 59.4 Å². The maximum Gasteiger partial charge on any atom is 0.261 e. The Morgan fingerprint density at radius 3 is 2.36 bits per heavy atom. The molecule has 0 fully saturated rings. The lowest BCUT2D eigenvalue weighted by Crippen LogP contribution is -2.39. The van der Waals surface area contributed by atoms with E-state index in [9.17, 15) is 9.59 Å². The first-order valence-electron chi connectivity index (χ1n) is 12.0. The van der Waals surface area contributed by atoms with E-state index < -0.39 is 0 Å². The molecule has 2 aromatic carbocycles. The molecule has 0 radical (unpaired) electrons. The van der Waals surface area contributed by atoms with Crippen molar-refractivity contribution in [1.29, 1.82) is 0 Å². The van der Waals surface area contributed by atoms with E-state index in [1.165, 1.54) is 0 Å². The molecule has 1 amide bonds. The number of carbonyl (C=O) groups excluding carboxylic acids is 1. The van der Waals surface area contributed by atoms with Crippen LogP contribution in [0.1, 0.15) is 77.7 Å². The lowest BCUT2D eigenvalue weighted by molar-refractivity contribution is -0.135. The van der Waals surface area contributed by atoms with Crippen molar-refractivity contribution < 1.29 is 4.79 Å². The van der Waals surface area contributed by atoms with Crippen molar-refractivity contribution in [2.45, 2.75) is 72.9 Å². The molecule has 0 aliphatic carbocycles. The Hall–Kier alpha value is -2.95. The van der Waals surface area contributed by atoms with Crippen molar-refractivity contribution in [3.63, 3.8) is 0 Å². The van der Waals surface area contributed by atoms with E-state index in [-0.39, 0.29) is 22.9 Å². The Bertz CT molecular complexity index is 1130. The molecule has 0 bridgehead atoms. The van der Waals surface area contributed by atoms with Crippen LogP contribution >= 0.6 is 0 Å². The summed E-state index contributed by atoms with van der Waals surface area (Å²) in [5.74, 6) is 0.751. The average molecular weight is 448 g/mol. The fraction of sp³-hybridized carbons (Fsp3) is 0.464. The minimum atomic E-state index is -0.308. The van der Waals surface area contributed by atoms with E-state index in [1.54, 1.807) is 4.57 Å². The SMILES string of the molecule is CCCCCN(C(=O)CC(C)(C)C)C(C)c1nc2ccccc2c(=O)n1Cc1ccccc1. The number of benzene rings is 2. The number of amides is 1. The van der Waals surface area contributed by atoms with Gasteiger partial charge in [0.15, 0.2) is 0 Å². The van der Waals surface area contributed by atoms with Crippen LogP contribution in [0.25, 0.3) is 10.9 Å². The first-order chi connectivity index (χ1) is 15.7. The molecule has 176 valence electrons. The number of carbonyl (C=O) groups is 1. The van der Waals surface area contributed by atoms with Crippen LogP contribution < -0.4 is 5.56 Å². The largest absolute Gasteiger partial charge is 0.333 e. The highest BCUT2D eigenvalue weighted by atomic mass is 16.2. The minimum absolute atomic E-state index is 0.0666. The highest BCUT2D eigenvalue weighted by Gasteiger charge is 2.28. The van der Waals surface area contributed by atoms with Gasteiger partial charge in [0.2, 0.25) is 5.91 Å². The van der Waals surface area contributed by atoms with Gasteiger partial charge in [-0.25, -0.2) is 4.98 Å². The molecule has 1 aromatic heterocycles. The highest BCUT2D eigenvalue weighted by Crippen LogP contribution is 2.26. The molecule has 0 saturated heterocycles. The van der Waals surface area contributed by atoms with Crippen LogP contribution in [0.2, 0.25) is 0 Å². The Labute approximate surface area is 197 Å². The fourth-order valence-corrected chi connectivity index (χ4v) is 4.18. The molecule has 0 spiro atoms. The maximum atomic E-state index is 13.6. The molecule has 5 nitrogen and oxygen atoms in total. The number of para-hydroxylation sites is 1. The Morgan fingerprint density at radius 1 is 1.03 bits per heavy atom. The van der Waals surface area contributed by atoms with E-state index in [0.29, 0.717) is 36.2 Å². The molecule has 0 aliphatic heterocycles. The molecular formula is C28H37N3O2. The van der Waals surface area contributed by atoms with Gasteiger partial charge in [-0.3, -0.25) is 14.2 Å². The van der Waals surface area contributed by atoms with E-state index in [2.05, 4.69) is 27.7 Å². The molecular weight excluding hydrogens is 410 g/mol. The number of hydrogen-bond acceptors (Lipinski definition) is 3. The van der Waals surface area contributed by atoms with Gasteiger partial charge in [0.1, 0.15) is 5.82 Å². The van der Waals surface area contributed by atoms with Crippen LogP contribution in [-0.2, 0) is 11.3 Å². The van der Waals surface area contributed by atoms with E-state index in [1.807, 2.05) is 66.4 Å². The van der Waals surface area contributed by atoms with Crippen LogP contribution in [0.3, 0.4) is 0 Å². The Balaban J connectivity index is 2.09. The summed E-state index contributed by atoms with van der Waals surface area (Å²) in [5, 5.41) is 0.600. The monoisotopic (exact) mass is 447 g/mol. The van der Waals surface area contributed by atoms with Gasteiger partial charge < -0.3 is 4.90 Å². The van der Waals surface area contributed by atoms with E-state index >= 15 is 0 Å². The predicted molar refractivity (Wildman–Crippen MR) is 135 cm³/mol. The second-order valence-electron chi connectivity index (χ2n) is 10.1. The molecule has 1 heterocycles. The van der Waals surface area contributed by atoms with E-state index in [4.69, 9.17) is 4.98 Å². The van der Waals surface area contributed by atoms with Crippen molar-refractivity contribution in [3.8, 4) is 0 Å². The summed E-state index contributed by atoms with van der Waals surface area (Å²) in [5.41, 5.74) is 1.53. The Morgan fingerprint density at radius 2 is 1.70 bits per heavy atom. The third-order valence-corrected chi connectivity index (χ3v) is 5.92. The van der Waals surface area contributed by atoms with Crippen molar-refractivity contribution >= 4 is 16.8 Å². The zero-order chi connectivity index (χ0) is 24.0. The molecule has 3 aromatic rings. The molecule has 0 saturated carbocycles. The standard InChI is InChI=1S/C28H37N3O2/c1-6-7-13-18-30(25(32)19-28(3,4)5)21(2)26-29-24-17-12-11-16-23(24)27(33)31(26)20-22-14-9-8-10-15-22/h8-12,14-17,21H,6-7,13,18-20H2,1-5H3. The number of unbranched alkanes of at least 4 members (excludes halogenated alkanes) is 2. The molecule has 5 heteroatoms. The van der Waals surface area contributed by atoms with Gasteiger partial charge in [0.25, 0.3) is 5.56 Å². The summed E-state index contributed by atoms with van der Waals surface area (Å²) in [6, 6.07) is 17.1. The average Bonchev–Trinajstić information content (AvgIpc) is 2.77. The number of nitrogens with zero attached hydrogens (tertiary/aromatic N) is 3. The second-order valence-corrected chi connectivity index (χ2v) is 10.1. The zero-order valence-corrected chi connectivity index (χ0v) is 20.7. The zero-order valence-electron chi connectivity index (χ0n) is 20.7.